The molecule has 3 unspecified atom stereocenters. The molecule has 0 saturated heterocycles. The molecule has 60 heavy (non-hydrogen) atoms. The Morgan fingerprint density at radius 2 is 1.27 bits per heavy atom. The average Bonchev–Trinajstić information content (AvgIpc) is 3.18. The van der Waals surface area contributed by atoms with Crippen LogP contribution in [0.3, 0.4) is 0 Å². The first kappa shape index (κ1) is 44.8. The molecule has 4 aliphatic rings. The van der Waals surface area contributed by atoms with E-state index in [-0.39, 0.29) is 47.8 Å². The highest BCUT2D eigenvalue weighted by atomic mass is 16.4. The molecule has 4 aliphatic carbocycles. The molecule has 2 saturated carbocycles. The van der Waals surface area contributed by atoms with Crippen molar-refractivity contribution in [2.45, 2.75) is 154 Å². The third-order valence-corrected chi connectivity index (χ3v) is 15.3. The van der Waals surface area contributed by atoms with Crippen LogP contribution in [0.4, 0.5) is 11.4 Å². The van der Waals surface area contributed by atoms with E-state index in [0.29, 0.717) is 12.1 Å². The van der Waals surface area contributed by atoms with Crippen molar-refractivity contribution in [1.82, 2.24) is 16.0 Å². The summed E-state index contributed by atoms with van der Waals surface area (Å²) in [5.74, 6) is -3.41. The molecule has 6 rings (SSSR count). The highest BCUT2D eigenvalue weighted by molar-refractivity contribution is 6.01. The summed E-state index contributed by atoms with van der Waals surface area (Å²) >= 11 is 0. The van der Waals surface area contributed by atoms with Gasteiger partial charge in [0.2, 0.25) is 29.5 Å². The predicted molar refractivity (Wildman–Crippen MR) is 231 cm³/mol. The van der Waals surface area contributed by atoms with Crippen LogP contribution in [0.2, 0.25) is 0 Å². The minimum Gasteiger partial charge on any atom is -0.481 e. The van der Waals surface area contributed by atoms with Crippen molar-refractivity contribution in [3.05, 3.63) is 58.7 Å². The molecule has 13 nitrogen and oxygen atoms in total. The van der Waals surface area contributed by atoms with Gasteiger partial charge in [0.1, 0.15) is 12.1 Å². The number of carbonyl (C=O) groups is 6. The Kier molecular flexibility index (Phi) is 12.6. The van der Waals surface area contributed by atoms with Crippen LogP contribution in [0.5, 0.6) is 0 Å². The van der Waals surface area contributed by atoms with Gasteiger partial charge in [-0.25, -0.2) is 0 Å². The summed E-state index contributed by atoms with van der Waals surface area (Å²) in [7, 11) is 0. The van der Waals surface area contributed by atoms with Crippen molar-refractivity contribution in [3.63, 3.8) is 0 Å². The highest BCUT2D eigenvalue weighted by Gasteiger charge is 2.58. The van der Waals surface area contributed by atoms with Crippen molar-refractivity contribution in [2.24, 2.45) is 34.3 Å². The molecule has 0 aromatic heterocycles. The monoisotopic (exact) mass is 826 g/mol. The third-order valence-electron chi connectivity index (χ3n) is 15.3. The Morgan fingerprint density at radius 1 is 0.733 bits per heavy atom. The fourth-order valence-electron chi connectivity index (χ4n) is 11.8. The number of carboxylic acids is 1. The van der Waals surface area contributed by atoms with E-state index >= 15 is 0 Å². The van der Waals surface area contributed by atoms with Crippen LogP contribution < -0.4 is 32.7 Å². The lowest BCUT2D eigenvalue weighted by Crippen LogP contribution is -2.60. The van der Waals surface area contributed by atoms with Crippen LogP contribution in [0, 0.1) is 28.6 Å². The smallest absolute Gasteiger partial charge is 0.303 e. The molecule has 2 fully saturated rings. The quantitative estimate of drug-likeness (QED) is 0.107. The normalized spacial score (nSPS) is 29.6. The molecule has 2 aromatic rings. The largest absolute Gasteiger partial charge is 0.481 e. The lowest BCUT2D eigenvalue weighted by atomic mass is 9.49. The number of hydrogen-bond acceptors (Lipinski definition) is 8. The summed E-state index contributed by atoms with van der Waals surface area (Å²) in [6.07, 6.45) is 7.89. The maximum atomic E-state index is 14.6. The third kappa shape index (κ3) is 8.30. The average molecular weight is 827 g/mol. The van der Waals surface area contributed by atoms with E-state index < -0.39 is 58.1 Å². The van der Waals surface area contributed by atoms with Crippen molar-refractivity contribution in [1.29, 1.82) is 0 Å². The predicted octanol–water partition coefficient (Wildman–Crippen LogP) is 5.41. The standard InChI is InChI=1S/C47H66N6O7/c1-26(2)38(52-40(57)34(49)16-19-37(54)55)41(58)50-27(3)39(56)51-31-15-11-29-13-18-36-45(5,33(29)25-31)21-9-23-47(36,7)43(60)53-42(59)46(6)22-8-20-44(4)32-24-30(48)14-10-28(32)12-17-35(44)46/h10-11,14-15,24-27,34-36,38H,8-9,12-13,16-23,48-49H2,1-7H3,(H,50,58)(H,51,56)(H,52,57)(H,54,55)(H,53,59,60)/t27?,34?,35-,36-,38?,44-,45-,46+,47+/m1/s1. The summed E-state index contributed by atoms with van der Waals surface area (Å²) in [6.45, 7) is 13.6. The molecule has 0 bridgehead atoms. The number of rotatable bonds is 12. The Hall–Kier alpha value is -4.78. The lowest BCUT2D eigenvalue weighted by Gasteiger charge is -2.56. The van der Waals surface area contributed by atoms with Crippen LogP contribution in [0.1, 0.15) is 135 Å². The molecule has 0 aliphatic heterocycles. The van der Waals surface area contributed by atoms with Crippen molar-refractivity contribution in [3.8, 4) is 0 Å². The number of amides is 5. The first-order chi connectivity index (χ1) is 28.1. The first-order valence-electron chi connectivity index (χ1n) is 21.9. The number of anilines is 2. The fraction of sp³-hybridized carbons (Fsp3) is 0.617. The first-order valence-corrected chi connectivity index (χ1v) is 21.9. The SMILES string of the molecule is CC(NC(=O)C(NC(=O)C(N)CCC(=O)O)C(C)C)C(=O)Nc1ccc2c(c1)[C@@]1(C)CCC[C@](C)(C(=O)NC(=O)[C@@]3(C)CCC[C@]4(C)c5cc(N)ccc5CC[C@@H]34)[C@@H]1CC2. The second-order valence-corrected chi connectivity index (χ2v) is 19.6. The van der Waals surface area contributed by atoms with Gasteiger partial charge in [-0.05, 0) is 140 Å². The molecule has 9 N–H and O–H groups in total. The van der Waals surface area contributed by atoms with Gasteiger partial charge in [0.05, 0.1) is 16.9 Å². The number of imide groups is 1. The van der Waals surface area contributed by atoms with E-state index in [0.717, 1.165) is 74.6 Å². The van der Waals surface area contributed by atoms with Crippen LogP contribution >= 0.6 is 0 Å². The molecular weight excluding hydrogens is 761 g/mol. The number of carbonyl (C=O) groups excluding carboxylic acids is 5. The second-order valence-electron chi connectivity index (χ2n) is 19.6. The minimum absolute atomic E-state index is 0.0439. The highest BCUT2D eigenvalue weighted by Crippen LogP contribution is 2.59. The molecule has 13 heteroatoms. The molecule has 5 amide bonds. The topological polar surface area (TPSA) is 223 Å². The van der Waals surface area contributed by atoms with Gasteiger partial charge in [0, 0.05) is 17.8 Å². The zero-order chi connectivity index (χ0) is 43.9. The van der Waals surface area contributed by atoms with Gasteiger partial charge in [-0.15, -0.1) is 0 Å². The maximum Gasteiger partial charge on any atom is 0.303 e. The van der Waals surface area contributed by atoms with Gasteiger partial charge in [-0.3, -0.25) is 34.1 Å². The van der Waals surface area contributed by atoms with Gasteiger partial charge in [-0.1, -0.05) is 66.5 Å². The van der Waals surface area contributed by atoms with Crippen LogP contribution in [-0.2, 0) is 52.4 Å². The van der Waals surface area contributed by atoms with E-state index in [9.17, 15) is 28.8 Å². The van der Waals surface area contributed by atoms with Crippen molar-refractivity contribution >= 4 is 46.9 Å². The van der Waals surface area contributed by atoms with Gasteiger partial charge >= 0.3 is 5.97 Å². The number of nitrogens with two attached hydrogens (primary N) is 2. The lowest BCUT2D eigenvalue weighted by molar-refractivity contribution is -0.150. The van der Waals surface area contributed by atoms with Gasteiger partial charge in [-0.2, -0.15) is 0 Å². The molecule has 0 heterocycles. The van der Waals surface area contributed by atoms with E-state index in [1.54, 1.807) is 20.8 Å². The van der Waals surface area contributed by atoms with Crippen molar-refractivity contribution < 1.29 is 33.9 Å². The van der Waals surface area contributed by atoms with Crippen LogP contribution in [0.15, 0.2) is 36.4 Å². The van der Waals surface area contributed by atoms with Gasteiger partial charge < -0.3 is 32.5 Å². The Balaban J connectivity index is 1.14. The van der Waals surface area contributed by atoms with Gasteiger partial charge in [0.25, 0.3) is 0 Å². The van der Waals surface area contributed by atoms with E-state index in [1.165, 1.54) is 11.1 Å². The van der Waals surface area contributed by atoms with E-state index in [1.807, 2.05) is 31.2 Å². The second kappa shape index (κ2) is 16.9. The molecule has 0 spiro atoms. The maximum absolute atomic E-state index is 14.6. The van der Waals surface area contributed by atoms with Crippen molar-refractivity contribution in [2.75, 3.05) is 11.1 Å². The molecule has 326 valence electrons. The molecule has 9 atom stereocenters. The number of hydrogen-bond donors (Lipinski definition) is 7. The molecule has 2 aromatic carbocycles. The summed E-state index contributed by atoms with van der Waals surface area (Å²) < 4.78 is 0. The number of fused-ring (bicyclic) bond motifs is 6. The summed E-state index contributed by atoms with van der Waals surface area (Å²) in [5.41, 5.74) is 16.1. The zero-order valence-corrected chi connectivity index (χ0v) is 36.5. The number of aliphatic carboxylic acids is 1. The van der Waals surface area contributed by atoms with Crippen LogP contribution in [0.25, 0.3) is 0 Å². The summed E-state index contributed by atoms with van der Waals surface area (Å²) in [5, 5.41) is 20.2. The number of carboxylic acid groups (broad SMARTS) is 1. The van der Waals surface area contributed by atoms with E-state index in [4.69, 9.17) is 16.6 Å². The van der Waals surface area contributed by atoms with E-state index in [2.05, 4.69) is 54.2 Å². The molecule has 0 radical (unpaired) electrons. The Morgan fingerprint density at radius 3 is 1.80 bits per heavy atom. The Labute approximate surface area is 354 Å². The number of aryl methyl sites for hydroxylation is 2. The Bertz CT molecular complexity index is 2050. The number of nitrogens with one attached hydrogen (secondary N) is 4. The summed E-state index contributed by atoms with van der Waals surface area (Å²) in [6, 6.07) is 9.01. The minimum atomic E-state index is -1.10. The molecular formula is C47H66N6O7. The number of benzene rings is 2. The summed E-state index contributed by atoms with van der Waals surface area (Å²) in [4.78, 5) is 79.5. The zero-order valence-electron chi connectivity index (χ0n) is 36.5. The van der Waals surface area contributed by atoms with Crippen LogP contribution in [-0.4, -0.2) is 58.7 Å². The fourth-order valence-corrected chi connectivity index (χ4v) is 11.8. The number of nitrogen functional groups attached to an aromatic ring is 1. The van der Waals surface area contributed by atoms with Gasteiger partial charge in [0.15, 0.2) is 0 Å².